The molecule has 1 aromatic carbocycles. The van der Waals surface area contributed by atoms with E-state index in [0.29, 0.717) is 23.3 Å². The number of rotatable bonds is 8. The quantitative estimate of drug-likeness (QED) is 0.290. The molecule has 4 rings (SSSR count). The second-order valence-corrected chi connectivity index (χ2v) is 9.08. The van der Waals surface area contributed by atoms with Crippen LogP contribution in [0.5, 0.6) is 0 Å². The highest BCUT2D eigenvalue weighted by molar-refractivity contribution is 7.94. The summed E-state index contributed by atoms with van der Waals surface area (Å²) < 4.78 is 6.61. The maximum absolute atomic E-state index is 13.2. The van der Waals surface area contributed by atoms with Gasteiger partial charge in [0.05, 0.1) is 24.7 Å². The number of fused-ring (bicyclic) bond motifs is 1. The van der Waals surface area contributed by atoms with E-state index in [1.165, 1.54) is 37.7 Å². The Morgan fingerprint density at radius 2 is 2.23 bits per heavy atom. The molecular weight excluding hydrogens is 422 g/mol. The van der Waals surface area contributed by atoms with Crippen molar-refractivity contribution in [2.45, 2.75) is 49.5 Å². The second-order valence-electron chi connectivity index (χ2n) is 7.41. The van der Waals surface area contributed by atoms with E-state index in [4.69, 9.17) is 10.1 Å². The lowest BCUT2D eigenvalue weighted by Crippen LogP contribution is -2.30. The zero-order valence-electron chi connectivity index (χ0n) is 16.7. The molecule has 1 atom stereocenters. The number of anilines is 2. The van der Waals surface area contributed by atoms with E-state index < -0.39 is 6.04 Å². The number of aromatic nitrogens is 3. The van der Waals surface area contributed by atoms with Crippen LogP contribution in [0.3, 0.4) is 0 Å². The number of nitrogens with one attached hydrogen (secondary N) is 1. The zero-order valence-corrected chi connectivity index (χ0v) is 18.4. The average Bonchev–Trinajstić information content (AvgIpc) is 3.39. The van der Waals surface area contributed by atoms with Gasteiger partial charge in [-0.3, -0.25) is 4.79 Å². The predicted molar refractivity (Wildman–Crippen MR) is 119 cm³/mol. The van der Waals surface area contributed by atoms with Gasteiger partial charge in [-0.25, -0.2) is 14.6 Å². The van der Waals surface area contributed by atoms with E-state index in [1.54, 1.807) is 10.9 Å². The fourth-order valence-corrected chi connectivity index (χ4v) is 4.96. The van der Waals surface area contributed by atoms with Gasteiger partial charge in [0.25, 0.3) is 5.91 Å². The Bertz CT molecular complexity index is 986. The number of nitrogen functional groups attached to an aromatic ring is 1. The minimum Gasteiger partial charge on any atom is -0.383 e. The lowest BCUT2D eigenvalue weighted by Gasteiger charge is -2.26. The van der Waals surface area contributed by atoms with E-state index in [-0.39, 0.29) is 5.91 Å². The maximum Gasteiger partial charge on any atom is 0.251 e. The van der Waals surface area contributed by atoms with Gasteiger partial charge >= 0.3 is 0 Å². The van der Waals surface area contributed by atoms with Crippen LogP contribution in [0.1, 0.15) is 44.6 Å². The monoisotopic (exact) mass is 447 g/mol. The molecule has 0 spiro atoms. The highest BCUT2D eigenvalue weighted by Crippen LogP contribution is 2.35. The van der Waals surface area contributed by atoms with E-state index in [2.05, 4.69) is 20.3 Å². The third-order valence-electron chi connectivity index (χ3n) is 5.45. The van der Waals surface area contributed by atoms with Crippen molar-refractivity contribution in [1.82, 2.24) is 14.8 Å². The van der Waals surface area contributed by atoms with Crippen molar-refractivity contribution < 1.29 is 14.0 Å². The van der Waals surface area contributed by atoms with Crippen molar-refractivity contribution in [2.24, 2.45) is 5.92 Å². The van der Waals surface area contributed by atoms with Gasteiger partial charge in [0.15, 0.2) is 5.13 Å². The molecule has 10 heteroatoms. The molecule has 2 heterocycles. The maximum atomic E-state index is 13.2. The summed E-state index contributed by atoms with van der Waals surface area (Å²) in [6.07, 6.45) is 8.35. The van der Waals surface area contributed by atoms with Crippen molar-refractivity contribution in [3.05, 3.63) is 29.8 Å². The van der Waals surface area contributed by atoms with Gasteiger partial charge in [-0.1, -0.05) is 32.1 Å². The minimum atomic E-state index is -0.490. The molecule has 1 unspecified atom stereocenters. The first-order valence-electron chi connectivity index (χ1n) is 10.0. The molecule has 30 heavy (non-hydrogen) atoms. The van der Waals surface area contributed by atoms with Crippen molar-refractivity contribution in [3.63, 3.8) is 0 Å². The molecule has 1 aliphatic rings. The fourth-order valence-electron chi connectivity index (χ4n) is 3.99. The van der Waals surface area contributed by atoms with E-state index in [1.807, 2.05) is 23.6 Å². The molecule has 0 saturated heterocycles. The summed E-state index contributed by atoms with van der Waals surface area (Å²) in [5, 5.41) is 10.8. The molecule has 0 aliphatic heterocycles. The number of hydrogen-bond donors (Lipinski definition) is 2. The van der Waals surface area contributed by atoms with Gasteiger partial charge in [0, 0.05) is 21.9 Å². The predicted octanol–water partition coefficient (Wildman–Crippen LogP) is 4.81. The molecule has 3 aromatic rings. The smallest absolute Gasteiger partial charge is 0.251 e. The van der Waals surface area contributed by atoms with Gasteiger partial charge in [-0.05, 0) is 30.5 Å². The topological polar surface area (TPSA) is 104 Å². The van der Waals surface area contributed by atoms with Crippen LogP contribution in [0.15, 0.2) is 34.7 Å². The summed E-state index contributed by atoms with van der Waals surface area (Å²) in [5.41, 5.74) is 7.22. The van der Waals surface area contributed by atoms with Gasteiger partial charge in [-0.15, -0.1) is 11.3 Å². The van der Waals surface area contributed by atoms with Gasteiger partial charge < -0.3 is 11.1 Å². The number of thiazole rings is 1. The molecule has 0 bridgehead atoms. The first-order valence-corrected chi connectivity index (χ1v) is 11.6. The van der Waals surface area contributed by atoms with Crippen molar-refractivity contribution in [2.75, 3.05) is 18.2 Å². The Morgan fingerprint density at radius 1 is 1.40 bits per heavy atom. The van der Waals surface area contributed by atoms with Crippen LogP contribution in [0.4, 0.5) is 10.9 Å². The highest BCUT2D eigenvalue weighted by Gasteiger charge is 2.29. The Morgan fingerprint density at radius 3 is 2.97 bits per heavy atom. The normalized spacial score (nSPS) is 16.0. The molecule has 1 saturated carbocycles. The zero-order chi connectivity index (χ0) is 20.9. The Hall–Kier alpha value is -2.14. The lowest BCUT2D eigenvalue weighted by molar-refractivity contribution is -0.160. The number of amides is 1. The standard InChI is InChI=1S/C20H25N5O3S2/c1-27-28-30-14-7-8-16-15(12-14)18(21)25(24-16)17(11-13-5-3-2-4-6-13)19(26)23-20-22-9-10-29-20/h7-10,12-13,17H,2-6,11,21H2,1H3,(H,22,23,26). The number of hydrogen-bond acceptors (Lipinski definition) is 8. The van der Waals surface area contributed by atoms with Crippen molar-refractivity contribution >= 4 is 51.1 Å². The van der Waals surface area contributed by atoms with Gasteiger partial charge in [0.2, 0.25) is 0 Å². The summed E-state index contributed by atoms with van der Waals surface area (Å²) in [6, 6.07) is 5.17. The summed E-state index contributed by atoms with van der Waals surface area (Å²) in [6.45, 7) is 0. The third-order valence-corrected chi connectivity index (χ3v) is 6.79. The largest absolute Gasteiger partial charge is 0.383 e. The number of carbonyl (C=O) groups excluding carboxylic acids is 1. The Kier molecular flexibility index (Phi) is 6.88. The van der Waals surface area contributed by atoms with Gasteiger partial charge in [0.1, 0.15) is 11.9 Å². The van der Waals surface area contributed by atoms with Crippen molar-refractivity contribution in [3.8, 4) is 0 Å². The molecule has 1 amide bonds. The molecular formula is C20H25N5O3S2. The number of carbonyl (C=O) groups is 1. The number of benzene rings is 1. The van der Waals surface area contributed by atoms with E-state index in [0.717, 1.165) is 40.7 Å². The van der Waals surface area contributed by atoms with E-state index >= 15 is 0 Å². The molecule has 1 fully saturated rings. The number of nitrogens with zero attached hydrogens (tertiary/aromatic N) is 3. The van der Waals surface area contributed by atoms with Crippen LogP contribution in [0, 0.1) is 5.92 Å². The first-order chi connectivity index (χ1) is 14.7. The molecule has 3 N–H and O–H groups in total. The third kappa shape index (κ3) is 4.77. The van der Waals surface area contributed by atoms with Crippen molar-refractivity contribution in [1.29, 1.82) is 0 Å². The summed E-state index contributed by atoms with van der Waals surface area (Å²) >= 11 is 2.49. The lowest BCUT2D eigenvalue weighted by atomic mass is 9.84. The van der Waals surface area contributed by atoms with Crippen LogP contribution in [0.25, 0.3) is 10.9 Å². The van der Waals surface area contributed by atoms with Crippen LogP contribution < -0.4 is 11.1 Å². The van der Waals surface area contributed by atoms with Crippen LogP contribution in [-0.4, -0.2) is 27.8 Å². The Labute approximate surface area is 183 Å². The fraction of sp³-hybridized carbons (Fsp3) is 0.450. The number of nitrogens with two attached hydrogens (primary N) is 1. The first kappa shape index (κ1) is 21.1. The van der Waals surface area contributed by atoms with Crippen LogP contribution in [0.2, 0.25) is 0 Å². The molecule has 160 valence electrons. The Balaban J connectivity index is 1.65. The summed E-state index contributed by atoms with van der Waals surface area (Å²) in [5.74, 6) is 0.825. The molecule has 1 aliphatic carbocycles. The van der Waals surface area contributed by atoms with Crippen LogP contribution >= 0.6 is 23.4 Å². The molecule has 8 nitrogen and oxygen atoms in total. The SMILES string of the molecule is COOSc1ccc2nn(C(CC3CCCCC3)C(=O)Nc3nccs3)c(N)c2c1. The minimum absolute atomic E-state index is 0.132. The van der Waals surface area contributed by atoms with Gasteiger partial charge in [-0.2, -0.15) is 9.43 Å². The average molecular weight is 448 g/mol. The van der Waals surface area contributed by atoms with E-state index in [9.17, 15) is 4.79 Å². The highest BCUT2D eigenvalue weighted by atomic mass is 32.2. The molecule has 2 aromatic heterocycles. The summed E-state index contributed by atoms with van der Waals surface area (Å²) in [7, 11) is 1.45. The summed E-state index contributed by atoms with van der Waals surface area (Å²) in [4.78, 5) is 22.9. The van der Waals surface area contributed by atoms with Crippen LogP contribution in [-0.2, 0) is 14.0 Å². The second kappa shape index (κ2) is 9.78. The molecule has 0 radical (unpaired) electrons.